The molecule has 1 aromatic carbocycles. The molecule has 0 saturated carbocycles. The minimum atomic E-state index is -1.01. The van der Waals surface area contributed by atoms with E-state index < -0.39 is 5.97 Å². The fraction of sp³-hybridized carbons (Fsp3) is 0.211. The van der Waals surface area contributed by atoms with Gasteiger partial charge in [-0.05, 0) is 37.4 Å². The summed E-state index contributed by atoms with van der Waals surface area (Å²) in [5.74, 6) is 0.411. The van der Waals surface area contributed by atoms with E-state index in [-0.39, 0.29) is 6.61 Å². The second-order valence-electron chi connectivity index (χ2n) is 5.93. The predicted molar refractivity (Wildman–Crippen MR) is 96.6 cm³/mol. The monoisotopic (exact) mass is 352 g/mol. The molecule has 2 N–H and O–H groups in total. The third kappa shape index (κ3) is 4.67. The number of aliphatic carboxylic acids is 1. The summed E-state index contributed by atoms with van der Waals surface area (Å²) in [5, 5.41) is 8.89. The van der Waals surface area contributed by atoms with Crippen molar-refractivity contribution in [3.05, 3.63) is 66.4 Å². The van der Waals surface area contributed by atoms with Crippen LogP contribution in [0.15, 0.2) is 55.0 Å². The lowest BCUT2D eigenvalue weighted by molar-refractivity contribution is -0.139. The molecule has 26 heavy (non-hydrogen) atoms. The number of nitrogens with zero attached hydrogens (tertiary/aromatic N) is 3. The minimum Gasteiger partial charge on any atom is -0.482 e. The van der Waals surface area contributed by atoms with E-state index in [2.05, 4.69) is 19.9 Å². The van der Waals surface area contributed by atoms with Gasteiger partial charge in [-0.2, -0.15) is 0 Å². The van der Waals surface area contributed by atoms with Crippen LogP contribution in [0.3, 0.4) is 0 Å². The van der Waals surface area contributed by atoms with Gasteiger partial charge in [-0.1, -0.05) is 6.07 Å². The van der Waals surface area contributed by atoms with Gasteiger partial charge in [-0.25, -0.2) is 9.78 Å². The Morgan fingerprint density at radius 1 is 1.19 bits per heavy atom. The van der Waals surface area contributed by atoms with Crippen molar-refractivity contribution in [2.24, 2.45) is 0 Å². The van der Waals surface area contributed by atoms with Crippen molar-refractivity contribution in [3.8, 4) is 17.0 Å². The molecular weight excluding hydrogens is 332 g/mol. The van der Waals surface area contributed by atoms with Gasteiger partial charge in [0.25, 0.3) is 0 Å². The maximum Gasteiger partial charge on any atom is 0.341 e. The molecule has 3 aromatic rings. The van der Waals surface area contributed by atoms with E-state index in [1.165, 1.54) is 0 Å². The van der Waals surface area contributed by atoms with Gasteiger partial charge < -0.3 is 14.8 Å². The first-order valence-corrected chi connectivity index (χ1v) is 8.17. The Hall–Kier alpha value is -3.19. The molecule has 0 aliphatic rings. The molecule has 7 nitrogen and oxygen atoms in total. The van der Waals surface area contributed by atoms with Crippen molar-refractivity contribution < 1.29 is 14.6 Å². The molecule has 2 heterocycles. The number of hydrogen-bond donors (Lipinski definition) is 2. The first-order valence-electron chi connectivity index (χ1n) is 8.17. The van der Waals surface area contributed by atoms with E-state index in [0.717, 1.165) is 22.6 Å². The number of carboxylic acid groups (broad SMARTS) is 1. The maximum atomic E-state index is 10.8. The van der Waals surface area contributed by atoms with Crippen LogP contribution in [0.5, 0.6) is 5.75 Å². The lowest BCUT2D eigenvalue weighted by atomic mass is 10.1. The number of ether oxygens (including phenoxy) is 1. The highest BCUT2D eigenvalue weighted by molar-refractivity contribution is 5.69. The first-order chi connectivity index (χ1) is 12.6. The Bertz CT molecular complexity index is 850. The van der Waals surface area contributed by atoms with E-state index in [0.29, 0.717) is 18.8 Å². The summed E-state index contributed by atoms with van der Waals surface area (Å²) >= 11 is 0. The second-order valence-corrected chi connectivity index (χ2v) is 5.93. The van der Waals surface area contributed by atoms with Crippen LogP contribution in [0.4, 0.5) is 0 Å². The van der Waals surface area contributed by atoms with E-state index in [1.54, 1.807) is 24.7 Å². The Balaban J connectivity index is 1.83. The third-order valence-corrected chi connectivity index (χ3v) is 3.79. The quantitative estimate of drug-likeness (QED) is 0.647. The largest absolute Gasteiger partial charge is 0.482 e. The fourth-order valence-electron chi connectivity index (χ4n) is 2.66. The number of carbonyl (C=O) groups is 1. The molecule has 7 heteroatoms. The Kier molecular flexibility index (Phi) is 5.60. The number of pyridine rings is 1. The molecular formula is C19H20N4O3. The lowest BCUT2D eigenvalue weighted by Gasteiger charge is -2.18. The molecule has 0 unspecified atom stereocenters. The number of aromatic nitrogens is 3. The van der Waals surface area contributed by atoms with Gasteiger partial charge in [0.15, 0.2) is 6.61 Å². The first kappa shape index (κ1) is 17.6. The molecule has 0 bridgehead atoms. The van der Waals surface area contributed by atoms with Crippen LogP contribution in [-0.4, -0.2) is 44.6 Å². The highest BCUT2D eigenvalue weighted by Gasteiger charge is 2.12. The van der Waals surface area contributed by atoms with Crippen LogP contribution >= 0.6 is 0 Å². The highest BCUT2D eigenvalue weighted by atomic mass is 16.5. The molecule has 0 aliphatic heterocycles. The van der Waals surface area contributed by atoms with Crippen molar-refractivity contribution in [1.29, 1.82) is 0 Å². The van der Waals surface area contributed by atoms with Crippen molar-refractivity contribution in [2.75, 3.05) is 13.7 Å². The number of carboxylic acids is 1. The summed E-state index contributed by atoms with van der Waals surface area (Å²) in [6, 6.07) is 11.4. The zero-order valence-corrected chi connectivity index (χ0v) is 14.4. The zero-order valence-electron chi connectivity index (χ0n) is 14.4. The maximum absolute atomic E-state index is 10.8. The molecule has 3 rings (SSSR count). The number of hydrogen-bond acceptors (Lipinski definition) is 5. The zero-order chi connectivity index (χ0) is 18.4. The van der Waals surface area contributed by atoms with E-state index in [4.69, 9.17) is 9.84 Å². The van der Waals surface area contributed by atoms with Crippen LogP contribution in [0, 0.1) is 0 Å². The summed E-state index contributed by atoms with van der Waals surface area (Å²) in [5.41, 5.74) is 2.70. The summed E-state index contributed by atoms with van der Waals surface area (Å²) < 4.78 is 5.46. The smallest absolute Gasteiger partial charge is 0.341 e. The minimum absolute atomic E-state index is 0.377. The van der Waals surface area contributed by atoms with Gasteiger partial charge in [-0.15, -0.1) is 0 Å². The van der Waals surface area contributed by atoms with Crippen molar-refractivity contribution in [1.82, 2.24) is 19.9 Å². The molecule has 0 amide bonds. The molecule has 2 aromatic heterocycles. The number of aromatic amines is 1. The van der Waals surface area contributed by atoms with Gasteiger partial charge in [-0.3, -0.25) is 9.88 Å². The number of H-pyrrole nitrogens is 1. The SMILES string of the molecule is CN(Cc1ncc[nH]1)Cc1cc(-c2ccccn2)ccc1OCC(=O)O. The van der Waals surface area contributed by atoms with Crippen molar-refractivity contribution >= 4 is 5.97 Å². The van der Waals surface area contributed by atoms with Crippen LogP contribution in [0.1, 0.15) is 11.4 Å². The van der Waals surface area contributed by atoms with Crippen LogP contribution in [0.2, 0.25) is 0 Å². The highest BCUT2D eigenvalue weighted by Crippen LogP contribution is 2.27. The van der Waals surface area contributed by atoms with Crippen molar-refractivity contribution in [3.63, 3.8) is 0 Å². The Morgan fingerprint density at radius 2 is 2.08 bits per heavy atom. The topological polar surface area (TPSA) is 91.3 Å². The lowest BCUT2D eigenvalue weighted by Crippen LogP contribution is -2.19. The summed E-state index contributed by atoms with van der Waals surface area (Å²) in [7, 11) is 1.97. The van der Waals surface area contributed by atoms with Crippen LogP contribution in [0.25, 0.3) is 11.3 Å². The standard InChI is InChI=1S/C19H20N4O3/c1-23(12-18-21-8-9-22-18)11-15-10-14(16-4-2-3-7-20-16)5-6-17(15)26-13-19(24)25/h2-10H,11-13H2,1H3,(H,21,22)(H,24,25). The normalized spacial score (nSPS) is 10.8. The molecule has 0 atom stereocenters. The number of benzene rings is 1. The average Bonchev–Trinajstić information content (AvgIpc) is 3.14. The number of imidazole rings is 1. The third-order valence-electron chi connectivity index (χ3n) is 3.79. The average molecular weight is 352 g/mol. The van der Waals surface area contributed by atoms with E-state index in [9.17, 15) is 4.79 Å². The van der Waals surface area contributed by atoms with Crippen LogP contribution < -0.4 is 4.74 Å². The number of nitrogens with one attached hydrogen (secondary N) is 1. The molecule has 134 valence electrons. The summed E-state index contributed by atoms with van der Waals surface area (Å²) in [4.78, 5) is 24.6. The molecule has 0 saturated heterocycles. The predicted octanol–water partition coefficient (Wildman–Crippen LogP) is 2.57. The van der Waals surface area contributed by atoms with Gasteiger partial charge in [0.2, 0.25) is 0 Å². The van der Waals surface area contributed by atoms with E-state index >= 15 is 0 Å². The molecule has 0 radical (unpaired) electrons. The molecule has 0 fully saturated rings. The number of rotatable bonds is 8. The summed E-state index contributed by atoms with van der Waals surface area (Å²) in [6.45, 7) is 0.841. The van der Waals surface area contributed by atoms with E-state index in [1.807, 2.05) is 37.4 Å². The van der Waals surface area contributed by atoms with Gasteiger partial charge in [0, 0.05) is 36.3 Å². The van der Waals surface area contributed by atoms with Gasteiger partial charge >= 0.3 is 5.97 Å². The molecule has 0 spiro atoms. The fourth-order valence-corrected chi connectivity index (χ4v) is 2.66. The Labute approximate surface area is 151 Å². The van der Waals surface area contributed by atoms with Gasteiger partial charge in [0.1, 0.15) is 11.6 Å². The van der Waals surface area contributed by atoms with Crippen LogP contribution in [-0.2, 0) is 17.9 Å². The molecule has 0 aliphatic carbocycles. The van der Waals surface area contributed by atoms with Crippen molar-refractivity contribution in [2.45, 2.75) is 13.1 Å². The Morgan fingerprint density at radius 3 is 2.77 bits per heavy atom. The second kappa shape index (κ2) is 8.26. The summed E-state index contributed by atoms with van der Waals surface area (Å²) in [6.07, 6.45) is 5.24. The van der Waals surface area contributed by atoms with Gasteiger partial charge in [0.05, 0.1) is 12.2 Å².